The molecule has 1 aliphatic rings. The Kier molecular flexibility index (Phi) is 8.03. The third-order valence-electron chi connectivity index (χ3n) is 6.12. The average Bonchev–Trinajstić information content (AvgIpc) is 3.31. The smallest absolute Gasteiger partial charge is 0.238 e. The molecule has 0 aliphatic carbocycles. The number of sulfonamides is 1. The fraction of sp³-hybridized carbons (Fsp3) is 0.500. The van der Waals surface area contributed by atoms with Crippen LogP contribution in [0.15, 0.2) is 30.6 Å². The van der Waals surface area contributed by atoms with E-state index in [0.29, 0.717) is 48.1 Å². The summed E-state index contributed by atoms with van der Waals surface area (Å²) in [6.45, 7) is 6.48. The van der Waals surface area contributed by atoms with Gasteiger partial charge in [-0.05, 0) is 19.9 Å². The molecule has 12 nitrogen and oxygen atoms in total. The van der Waals surface area contributed by atoms with E-state index < -0.39 is 21.2 Å². The van der Waals surface area contributed by atoms with E-state index in [1.165, 1.54) is 19.5 Å². The SMILES string of the molecule is COc1cccc(-c2nnc(NS(=O)(=O)C(C)C(C)c3ncc(Cl)cn3)n2C(C)[C@H]2COCCO2)n1. The number of hydrogen-bond donors (Lipinski definition) is 1. The molecule has 3 aromatic rings. The lowest BCUT2D eigenvalue weighted by atomic mass is 10.1. The van der Waals surface area contributed by atoms with Gasteiger partial charge < -0.3 is 14.2 Å². The molecular weight excluding hydrogens is 510 g/mol. The first-order valence-electron chi connectivity index (χ1n) is 11.4. The number of pyridine rings is 1. The number of methoxy groups -OCH3 is 1. The highest BCUT2D eigenvalue weighted by atomic mass is 35.5. The standard InChI is InChI=1S/C22H28ClN7O5S/c1-13(20-24-10-16(23)11-25-20)15(3)36(31,32)29-22-28-27-21(17-6-5-7-19(26-17)33-4)30(22)14(2)18-12-34-8-9-35-18/h5-7,10-11,13-15,18H,8-9,12H2,1-4H3,(H,28,29)/t13?,14?,15?,18-/m1/s1. The molecular formula is C22H28ClN7O5S. The third-order valence-corrected chi connectivity index (χ3v) is 8.17. The zero-order chi connectivity index (χ0) is 25.9. The summed E-state index contributed by atoms with van der Waals surface area (Å²) >= 11 is 5.87. The first-order chi connectivity index (χ1) is 17.2. The van der Waals surface area contributed by atoms with Crippen molar-refractivity contribution in [2.75, 3.05) is 31.7 Å². The minimum absolute atomic E-state index is 0.0346. The van der Waals surface area contributed by atoms with Gasteiger partial charge in [-0.25, -0.2) is 23.4 Å². The van der Waals surface area contributed by atoms with Crippen LogP contribution in [0.25, 0.3) is 11.5 Å². The molecule has 3 aromatic heterocycles. The van der Waals surface area contributed by atoms with E-state index in [0.717, 1.165) is 0 Å². The summed E-state index contributed by atoms with van der Waals surface area (Å²) in [4.78, 5) is 12.8. The summed E-state index contributed by atoms with van der Waals surface area (Å²) < 4.78 is 47.8. The summed E-state index contributed by atoms with van der Waals surface area (Å²) in [6.07, 6.45) is 2.53. The normalized spacial score (nSPS) is 18.9. The van der Waals surface area contributed by atoms with Crippen LogP contribution >= 0.6 is 11.6 Å². The average molecular weight is 538 g/mol. The van der Waals surface area contributed by atoms with Crippen molar-refractivity contribution in [1.29, 1.82) is 0 Å². The maximum atomic E-state index is 13.4. The van der Waals surface area contributed by atoms with Gasteiger partial charge in [0.05, 0.1) is 43.2 Å². The molecule has 4 rings (SSSR count). The fourth-order valence-corrected chi connectivity index (χ4v) is 5.12. The molecule has 36 heavy (non-hydrogen) atoms. The molecule has 0 bridgehead atoms. The van der Waals surface area contributed by atoms with Crippen molar-refractivity contribution in [2.24, 2.45) is 0 Å². The van der Waals surface area contributed by atoms with Gasteiger partial charge in [0.1, 0.15) is 17.6 Å². The highest BCUT2D eigenvalue weighted by Gasteiger charge is 2.34. The summed E-state index contributed by atoms with van der Waals surface area (Å²) in [6, 6.07) is 4.84. The Morgan fingerprint density at radius 2 is 1.92 bits per heavy atom. The molecule has 0 aromatic carbocycles. The highest BCUT2D eigenvalue weighted by molar-refractivity contribution is 7.93. The number of aromatic nitrogens is 6. The zero-order valence-corrected chi connectivity index (χ0v) is 21.9. The molecule has 0 spiro atoms. The van der Waals surface area contributed by atoms with Crippen LogP contribution in [-0.4, -0.2) is 76.4 Å². The Bertz CT molecular complexity index is 1280. The number of anilines is 1. The van der Waals surface area contributed by atoms with E-state index in [-0.39, 0.29) is 18.1 Å². The number of nitrogens with zero attached hydrogens (tertiary/aromatic N) is 6. The fourth-order valence-electron chi connectivity index (χ4n) is 3.78. The van der Waals surface area contributed by atoms with Gasteiger partial charge in [-0.3, -0.25) is 9.29 Å². The van der Waals surface area contributed by atoms with Crippen LogP contribution in [0, 0.1) is 0 Å². The molecule has 0 radical (unpaired) electrons. The van der Waals surface area contributed by atoms with E-state index in [9.17, 15) is 8.42 Å². The second-order valence-corrected chi connectivity index (χ2v) is 10.9. The predicted molar refractivity (Wildman–Crippen MR) is 133 cm³/mol. The molecule has 14 heteroatoms. The van der Waals surface area contributed by atoms with E-state index in [1.54, 1.807) is 36.6 Å². The quantitative estimate of drug-likeness (QED) is 0.432. The largest absolute Gasteiger partial charge is 0.481 e. The molecule has 0 amide bonds. The summed E-state index contributed by atoms with van der Waals surface area (Å²) in [5.41, 5.74) is 0.465. The van der Waals surface area contributed by atoms with Crippen molar-refractivity contribution in [3.05, 3.63) is 41.4 Å². The predicted octanol–water partition coefficient (Wildman–Crippen LogP) is 2.70. The Balaban J connectivity index is 1.69. The number of rotatable bonds is 9. The Hall–Kier alpha value is -2.87. The number of halogens is 1. The molecule has 0 saturated carbocycles. The van der Waals surface area contributed by atoms with Crippen LogP contribution in [0.5, 0.6) is 5.88 Å². The topological polar surface area (TPSA) is 143 Å². The van der Waals surface area contributed by atoms with E-state index >= 15 is 0 Å². The van der Waals surface area contributed by atoms with Gasteiger partial charge in [0.15, 0.2) is 5.82 Å². The van der Waals surface area contributed by atoms with E-state index in [2.05, 4.69) is 29.9 Å². The lowest BCUT2D eigenvalue weighted by molar-refractivity contribution is -0.104. The number of hydrogen-bond acceptors (Lipinski definition) is 10. The van der Waals surface area contributed by atoms with Gasteiger partial charge in [-0.2, -0.15) is 0 Å². The van der Waals surface area contributed by atoms with Gasteiger partial charge >= 0.3 is 0 Å². The van der Waals surface area contributed by atoms with Gasteiger partial charge in [0.2, 0.25) is 21.9 Å². The van der Waals surface area contributed by atoms with Gasteiger partial charge in [-0.15, -0.1) is 10.2 Å². The van der Waals surface area contributed by atoms with Crippen LogP contribution < -0.4 is 9.46 Å². The van der Waals surface area contributed by atoms with Gasteiger partial charge in [-0.1, -0.05) is 24.6 Å². The number of nitrogens with one attached hydrogen (secondary N) is 1. The van der Waals surface area contributed by atoms with Crippen molar-refractivity contribution < 1.29 is 22.6 Å². The maximum absolute atomic E-state index is 13.4. The van der Waals surface area contributed by atoms with Crippen LogP contribution in [0.4, 0.5) is 5.95 Å². The van der Waals surface area contributed by atoms with Gasteiger partial charge in [0, 0.05) is 24.4 Å². The van der Waals surface area contributed by atoms with E-state index in [4.69, 9.17) is 25.8 Å². The summed E-state index contributed by atoms with van der Waals surface area (Å²) in [5.74, 6) is 0.617. The third kappa shape index (κ3) is 5.59. The molecule has 4 heterocycles. The molecule has 1 fully saturated rings. The molecule has 1 saturated heterocycles. The minimum atomic E-state index is -3.94. The molecule has 1 aliphatic heterocycles. The molecule has 4 atom stereocenters. The summed E-state index contributed by atoms with van der Waals surface area (Å²) in [7, 11) is -2.43. The monoisotopic (exact) mass is 537 g/mol. The Morgan fingerprint density at radius 3 is 2.58 bits per heavy atom. The molecule has 1 N–H and O–H groups in total. The first kappa shape index (κ1) is 26.2. The van der Waals surface area contributed by atoms with Crippen LogP contribution in [0.1, 0.15) is 38.6 Å². The highest BCUT2D eigenvalue weighted by Crippen LogP contribution is 2.30. The second kappa shape index (κ2) is 11.0. The van der Waals surface area contributed by atoms with E-state index in [1.807, 2.05) is 6.92 Å². The van der Waals surface area contributed by atoms with Crippen LogP contribution in [-0.2, 0) is 19.5 Å². The maximum Gasteiger partial charge on any atom is 0.238 e. The molecule has 194 valence electrons. The molecule has 3 unspecified atom stereocenters. The Labute approximate surface area is 214 Å². The Morgan fingerprint density at radius 1 is 1.17 bits per heavy atom. The van der Waals surface area contributed by atoms with Crippen molar-refractivity contribution in [1.82, 2.24) is 29.7 Å². The van der Waals surface area contributed by atoms with Crippen molar-refractivity contribution in [2.45, 2.75) is 44.1 Å². The van der Waals surface area contributed by atoms with Crippen LogP contribution in [0.2, 0.25) is 5.02 Å². The van der Waals surface area contributed by atoms with Crippen molar-refractivity contribution in [3.8, 4) is 17.4 Å². The van der Waals surface area contributed by atoms with Crippen molar-refractivity contribution >= 4 is 27.6 Å². The first-order valence-corrected chi connectivity index (χ1v) is 13.3. The lowest BCUT2D eigenvalue weighted by Gasteiger charge is -2.30. The lowest BCUT2D eigenvalue weighted by Crippen LogP contribution is -2.37. The zero-order valence-electron chi connectivity index (χ0n) is 20.3. The van der Waals surface area contributed by atoms with Crippen molar-refractivity contribution in [3.63, 3.8) is 0 Å². The van der Waals surface area contributed by atoms with Gasteiger partial charge in [0.25, 0.3) is 0 Å². The minimum Gasteiger partial charge on any atom is -0.481 e. The second-order valence-electron chi connectivity index (χ2n) is 8.41. The number of ether oxygens (including phenoxy) is 3. The van der Waals surface area contributed by atoms with Crippen LogP contribution in [0.3, 0.4) is 0 Å². The summed E-state index contributed by atoms with van der Waals surface area (Å²) in [5, 5.41) is 7.91.